The molecule has 1 saturated heterocycles. The molecule has 6 nitrogen and oxygen atoms in total. The minimum absolute atomic E-state index is 0.0596. The third-order valence-electron chi connectivity index (χ3n) is 5.07. The van der Waals surface area contributed by atoms with Crippen LogP contribution in [0.25, 0.3) is 6.08 Å². The van der Waals surface area contributed by atoms with Crippen molar-refractivity contribution in [3.05, 3.63) is 34.9 Å². The molecule has 4 amide bonds. The molecule has 2 heterocycles. The highest BCUT2D eigenvalue weighted by Gasteiger charge is 2.37. The number of nitrogens with zero attached hydrogens (tertiary/aromatic N) is 1. The Morgan fingerprint density at radius 1 is 1.15 bits per heavy atom. The van der Waals surface area contributed by atoms with Crippen molar-refractivity contribution < 1.29 is 14.4 Å². The summed E-state index contributed by atoms with van der Waals surface area (Å²) in [6.07, 6.45) is 2.55. The lowest BCUT2D eigenvalue weighted by Gasteiger charge is -2.50. The van der Waals surface area contributed by atoms with Crippen molar-refractivity contribution >= 4 is 29.6 Å². The highest BCUT2D eigenvalue weighted by atomic mass is 16.2. The van der Waals surface area contributed by atoms with Crippen molar-refractivity contribution in [2.24, 2.45) is 0 Å². The van der Waals surface area contributed by atoms with E-state index in [-0.39, 0.29) is 11.1 Å². The second kappa shape index (κ2) is 6.27. The summed E-state index contributed by atoms with van der Waals surface area (Å²) < 4.78 is 0. The van der Waals surface area contributed by atoms with Gasteiger partial charge in [0.15, 0.2) is 0 Å². The molecule has 0 aromatic heterocycles. The Hall–Kier alpha value is -2.63. The molecule has 1 atom stereocenters. The van der Waals surface area contributed by atoms with E-state index in [0.29, 0.717) is 12.0 Å². The lowest BCUT2D eigenvalue weighted by molar-refractivity contribution is -0.123. The van der Waals surface area contributed by atoms with Crippen LogP contribution in [-0.2, 0) is 9.59 Å². The van der Waals surface area contributed by atoms with E-state index in [1.807, 2.05) is 12.1 Å². The highest BCUT2D eigenvalue weighted by molar-refractivity contribution is 6.31. The van der Waals surface area contributed by atoms with Gasteiger partial charge in [-0.15, -0.1) is 0 Å². The molecular weight excluding hydrogens is 330 g/mol. The topological polar surface area (TPSA) is 78.5 Å². The third-order valence-corrected chi connectivity index (χ3v) is 5.07. The summed E-state index contributed by atoms with van der Waals surface area (Å²) in [6.45, 7) is 11.1. The van der Waals surface area contributed by atoms with Crippen LogP contribution in [0.5, 0.6) is 0 Å². The van der Waals surface area contributed by atoms with Gasteiger partial charge < -0.3 is 4.90 Å². The standard InChI is InChI=1S/C20H25N3O3/c1-11(2)23-16-7-6-13(8-14(16)12(3)10-20(23,4)5)9-15-17(24)21-19(26)22-18(15)25/h6-9,11-12H,10H2,1-5H3,(H2,21,22,24,25,26). The molecule has 1 fully saturated rings. The van der Waals surface area contributed by atoms with Crippen LogP contribution < -0.4 is 15.5 Å². The second-order valence-electron chi connectivity index (χ2n) is 7.99. The number of hydrogen-bond acceptors (Lipinski definition) is 4. The molecule has 26 heavy (non-hydrogen) atoms. The Kier molecular flexibility index (Phi) is 4.38. The van der Waals surface area contributed by atoms with E-state index in [1.54, 1.807) is 0 Å². The Bertz CT molecular complexity index is 802. The van der Waals surface area contributed by atoms with Crippen LogP contribution in [-0.4, -0.2) is 29.4 Å². The maximum Gasteiger partial charge on any atom is 0.328 e. The number of urea groups is 1. The largest absolute Gasteiger partial charge is 0.364 e. The van der Waals surface area contributed by atoms with Crippen molar-refractivity contribution in [1.29, 1.82) is 0 Å². The van der Waals surface area contributed by atoms with E-state index < -0.39 is 17.8 Å². The van der Waals surface area contributed by atoms with Crippen LogP contribution in [0.15, 0.2) is 23.8 Å². The number of anilines is 1. The van der Waals surface area contributed by atoms with Gasteiger partial charge in [0.1, 0.15) is 5.57 Å². The molecule has 0 radical (unpaired) electrons. The summed E-state index contributed by atoms with van der Waals surface area (Å²) in [5.41, 5.74) is 3.17. The smallest absolute Gasteiger partial charge is 0.328 e. The normalized spacial score (nSPS) is 22.1. The molecule has 2 N–H and O–H groups in total. The number of carbonyl (C=O) groups is 3. The van der Waals surface area contributed by atoms with Crippen LogP contribution in [0.1, 0.15) is 58.1 Å². The monoisotopic (exact) mass is 355 g/mol. The van der Waals surface area contributed by atoms with E-state index in [9.17, 15) is 14.4 Å². The number of carbonyl (C=O) groups excluding carboxylic acids is 3. The fraction of sp³-hybridized carbons (Fsp3) is 0.450. The Morgan fingerprint density at radius 2 is 1.77 bits per heavy atom. The fourth-order valence-electron chi connectivity index (χ4n) is 4.31. The second-order valence-corrected chi connectivity index (χ2v) is 7.99. The van der Waals surface area contributed by atoms with Gasteiger partial charge in [0, 0.05) is 17.3 Å². The van der Waals surface area contributed by atoms with Crippen LogP contribution in [0, 0.1) is 0 Å². The van der Waals surface area contributed by atoms with Gasteiger partial charge in [-0.05, 0) is 69.4 Å². The molecule has 0 aliphatic carbocycles. The maximum atomic E-state index is 11.9. The van der Waals surface area contributed by atoms with Gasteiger partial charge in [-0.2, -0.15) is 0 Å². The van der Waals surface area contributed by atoms with Crippen molar-refractivity contribution in [3.63, 3.8) is 0 Å². The number of fused-ring (bicyclic) bond motifs is 1. The first-order valence-electron chi connectivity index (χ1n) is 8.92. The lowest BCUT2D eigenvalue weighted by Crippen LogP contribution is -2.51. The molecule has 2 aliphatic heterocycles. The summed E-state index contributed by atoms with van der Waals surface area (Å²) >= 11 is 0. The summed E-state index contributed by atoms with van der Waals surface area (Å²) in [4.78, 5) is 37.5. The van der Waals surface area contributed by atoms with Gasteiger partial charge in [-0.25, -0.2) is 4.79 Å². The molecule has 1 aromatic rings. The Balaban J connectivity index is 2.03. The summed E-state index contributed by atoms with van der Waals surface area (Å²) in [5, 5.41) is 4.20. The van der Waals surface area contributed by atoms with Crippen molar-refractivity contribution in [3.8, 4) is 0 Å². The van der Waals surface area contributed by atoms with E-state index in [4.69, 9.17) is 0 Å². The molecule has 6 heteroatoms. The Labute approximate surface area is 153 Å². The highest BCUT2D eigenvalue weighted by Crippen LogP contribution is 2.44. The van der Waals surface area contributed by atoms with Crippen LogP contribution in [0.3, 0.4) is 0 Å². The van der Waals surface area contributed by atoms with Gasteiger partial charge in [0.25, 0.3) is 11.8 Å². The number of barbiturate groups is 1. The first-order chi connectivity index (χ1) is 12.1. The average Bonchev–Trinajstić information content (AvgIpc) is 2.50. The third kappa shape index (κ3) is 3.11. The maximum absolute atomic E-state index is 11.9. The zero-order chi connectivity index (χ0) is 19.2. The van der Waals surface area contributed by atoms with Crippen molar-refractivity contribution in [1.82, 2.24) is 10.6 Å². The molecule has 2 aliphatic rings. The number of nitrogens with one attached hydrogen (secondary N) is 2. The number of benzene rings is 1. The Morgan fingerprint density at radius 3 is 2.35 bits per heavy atom. The van der Waals surface area contributed by atoms with Gasteiger partial charge in [0.05, 0.1) is 0 Å². The molecule has 0 saturated carbocycles. The summed E-state index contributed by atoms with van der Waals surface area (Å²) in [5.74, 6) is -0.979. The average molecular weight is 355 g/mol. The SMILES string of the molecule is CC1CC(C)(C)N(C(C)C)c2ccc(C=C3C(=O)NC(=O)NC3=O)cc21. The van der Waals surface area contributed by atoms with Crippen LogP contribution >= 0.6 is 0 Å². The zero-order valence-corrected chi connectivity index (χ0v) is 15.8. The molecule has 138 valence electrons. The molecular formula is C20H25N3O3. The lowest BCUT2D eigenvalue weighted by atomic mass is 9.79. The van der Waals surface area contributed by atoms with Gasteiger partial charge >= 0.3 is 6.03 Å². The van der Waals surface area contributed by atoms with Crippen molar-refractivity contribution in [2.75, 3.05) is 4.90 Å². The molecule has 3 rings (SSSR count). The quantitative estimate of drug-likeness (QED) is 0.631. The molecule has 1 aromatic carbocycles. The van der Waals surface area contributed by atoms with E-state index in [1.165, 1.54) is 17.3 Å². The van der Waals surface area contributed by atoms with Gasteiger partial charge in [-0.1, -0.05) is 13.0 Å². The number of amides is 4. The first-order valence-corrected chi connectivity index (χ1v) is 8.92. The van der Waals surface area contributed by atoms with E-state index in [2.05, 4.69) is 56.2 Å². The number of hydrogen-bond donors (Lipinski definition) is 2. The van der Waals surface area contributed by atoms with E-state index >= 15 is 0 Å². The predicted octanol–water partition coefficient (Wildman–Crippen LogP) is 2.94. The molecule has 0 bridgehead atoms. The van der Waals surface area contributed by atoms with Crippen LogP contribution in [0.2, 0.25) is 0 Å². The van der Waals surface area contributed by atoms with E-state index in [0.717, 1.165) is 12.0 Å². The summed E-state index contributed by atoms with van der Waals surface area (Å²) in [6, 6.07) is 5.58. The fourth-order valence-corrected chi connectivity index (χ4v) is 4.31. The molecule has 0 spiro atoms. The van der Waals surface area contributed by atoms with Gasteiger partial charge in [-0.3, -0.25) is 20.2 Å². The predicted molar refractivity (Wildman–Crippen MR) is 101 cm³/mol. The minimum atomic E-state index is -0.786. The first kappa shape index (κ1) is 18.2. The molecule has 1 unspecified atom stereocenters. The number of imide groups is 2. The van der Waals surface area contributed by atoms with Gasteiger partial charge in [0.2, 0.25) is 0 Å². The van der Waals surface area contributed by atoms with Crippen molar-refractivity contribution in [2.45, 2.75) is 58.5 Å². The zero-order valence-electron chi connectivity index (χ0n) is 15.8. The van der Waals surface area contributed by atoms with Crippen LogP contribution in [0.4, 0.5) is 10.5 Å². The number of rotatable bonds is 2. The summed E-state index contributed by atoms with van der Waals surface area (Å²) in [7, 11) is 0. The minimum Gasteiger partial charge on any atom is -0.364 e.